The summed E-state index contributed by atoms with van der Waals surface area (Å²) in [6.45, 7) is 14.9. The Balaban J connectivity index is 0.000000546. The summed E-state index contributed by atoms with van der Waals surface area (Å²) in [5, 5.41) is 5.94. The zero-order valence-corrected chi connectivity index (χ0v) is 38.9. The van der Waals surface area contributed by atoms with Crippen LogP contribution < -0.4 is 25.8 Å². The summed E-state index contributed by atoms with van der Waals surface area (Å²) in [6, 6.07) is 22.7. The van der Waals surface area contributed by atoms with Crippen molar-refractivity contribution < 1.29 is 26.4 Å². The first-order valence-electron chi connectivity index (χ1n) is 18.8. The number of carbonyl (C=O) groups is 2. The first kappa shape index (κ1) is 48.4. The molecule has 2 aliphatic rings. The van der Waals surface area contributed by atoms with Gasteiger partial charge in [0.2, 0.25) is 0 Å². The van der Waals surface area contributed by atoms with E-state index in [-0.39, 0.29) is 61.1 Å². The number of urea groups is 2. The molecule has 4 aromatic rings. The molecule has 0 radical (unpaired) electrons. The zero-order valence-electron chi connectivity index (χ0n) is 33.8. The van der Waals surface area contributed by atoms with E-state index in [4.69, 9.17) is 5.73 Å². The van der Waals surface area contributed by atoms with Gasteiger partial charge in [0.15, 0.2) is 0 Å². The molecule has 58 heavy (non-hydrogen) atoms. The van der Waals surface area contributed by atoms with Crippen LogP contribution in [0.15, 0.2) is 94.7 Å². The smallest absolute Gasteiger partial charge is 0.333 e. The highest BCUT2D eigenvalue weighted by molar-refractivity contribution is 8.93. The van der Waals surface area contributed by atoms with E-state index < -0.39 is 32.1 Å². The summed E-state index contributed by atoms with van der Waals surface area (Å²) < 4.78 is 55.5. The van der Waals surface area contributed by atoms with E-state index >= 15 is 0 Å². The van der Waals surface area contributed by atoms with Crippen molar-refractivity contribution in [2.75, 3.05) is 37.2 Å². The number of nitrogens with one attached hydrogen (secondary N) is 4. The lowest BCUT2D eigenvalue weighted by molar-refractivity contribution is 0.206. The Morgan fingerprint density at radius 2 is 1.05 bits per heavy atom. The molecule has 316 valence electrons. The van der Waals surface area contributed by atoms with Gasteiger partial charge in [0.05, 0.1) is 9.79 Å². The van der Waals surface area contributed by atoms with Crippen molar-refractivity contribution in [2.24, 2.45) is 0 Å². The third kappa shape index (κ3) is 13.0. The van der Waals surface area contributed by atoms with Gasteiger partial charge in [0.25, 0.3) is 20.0 Å². The van der Waals surface area contributed by atoms with Gasteiger partial charge < -0.3 is 21.3 Å². The second kappa shape index (κ2) is 19.9. The number of benzene rings is 4. The number of sulfonamides is 2. The Kier molecular flexibility index (Phi) is 16.6. The van der Waals surface area contributed by atoms with Gasteiger partial charge in [-0.25, -0.2) is 35.9 Å². The molecular formula is C42H56Br2N6O6S2. The number of rotatable bonds is 5. The standard InChI is InChI=1S/C32H40N4O6S2.C10H14N2.2BrH/c1-31(2,3)24-8-13-27(14-9-24)43(39,40)34-29(37)33-26-12-7-22-17-19-36(20-18-23(22)21-26)30(38)35-44(41,42)28-15-10-25(11-16-28)32(4,5)6;11-10-2-1-8-3-5-12-6-4-9(8)7-10;;/h7-16,21H,17-20H2,1-6H3,(H,35,38)(H2,33,34,37);1-2,7,12H,3-6,11H2;2*1H. The minimum absolute atomic E-state index is 0. The molecule has 6 N–H and O–H groups in total. The molecule has 6 rings (SSSR count). The Morgan fingerprint density at radius 1 is 0.603 bits per heavy atom. The van der Waals surface area contributed by atoms with Crippen LogP contribution in [0, 0.1) is 0 Å². The zero-order chi connectivity index (χ0) is 40.9. The molecule has 12 nitrogen and oxygen atoms in total. The van der Waals surface area contributed by atoms with Gasteiger partial charge in [-0.3, -0.25) is 0 Å². The Morgan fingerprint density at radius 3 is 1.59 bits per heavy atom. The van der Waals surface area contributed by atoms with Crippen molar-refractivity contribution in [2.45, 2.75) is 87.8 Å². The van der Waals surface area contributed by atoms with Crippen LogP contribution in [0.4, 0.5) is 21.0 Å². The van der Waals surface area contributed by atoms with E-state index in [0.29, 0.717) is 25.1 Å². The Labute approximate surface area is 364 Å². The van der Waals surface area contributed by atoms with E-state index in [9.17, 15) is 26.4 Å². The molecule has 0 spiro atoms. The maximum atomic E-state index is 13.0. The summed E-state index contributed by atoms with van der Waals surface area (Å²) in [6.07, 6.45) is 3.14. The molecular weight excluding hydrogens is 908 g/mol. The number of nitrogen functional groups attached to an aromatic ring is 1. The van der Waals surface area contributed by atoms with Crippen LogP contribution in [0.1, 0.15) is 74.9 Å². The molecule has 0 atom stereocenters. The third-order valence-corrected chi connectivity index (χ3v) is 12.6. The number of nitrogens with zero attached hydrogens (tertiary/aromatic N) is 1. The minimum Gasteiger partial charge on any atom is -0.399 e. The van der Waals surface area contributed by atoms with E-state index in [1.165, 1.54) is 40.3 Å². The number of hydrogen-bond acceptors (Lipinski definition) is 8. The van der Waals surface area contributed by atoms with Gasteiger partial charge in [-0.05, 0) is 132 Å². The number of carbonyl (C=O) groups excluding carboxylic acids is 2. The van der Waals surface area contributed by atoms with Gasteiger partial charge in [-0.15, -0.1) is 34.0 Å². The van der Waals surface area contributed by atoms with Crippen molar-refractivity contribution >= 4 is 77.4 Å². The number of anilines is 2. The van der Waals surface area contributed by atoms with Gasteiger partial charge >= 0.3 is 12.1 Å². The van der Waals surface area contributed by atoms with E-state index in [1.54, 1.807) is 42.5 Å². The van der Waals surface area contributed by atoms with Crippen LogP contribution in [-0.2, 0) is 56.6 Å². The second-order valence-corrected chi connectivity index (χ2v) is 19.6. The summed E-state index contributed by atoms with van der Waals surface area (Å²) in [7, 11) is -8.15. The van der Waals surface area contributed by atoms with Crippen molar-refractivity contribution in [3.8, 4) is 0 Å². The van der Waals surface area contributed by atoms with Crippen LogP contribution in [0.2, 0.25) is 0 Å². The molecule has 0 saturated carbocycles. The van der Waals surface area contributed by atoms with Crippen LogP contribution in [-0.4, -0.2) is 60.0 Å². The molecule has 0 fully saturated rings. The highest BCUT2D eigenvalue weighted by atomic mass is 79.9. The minimum atomic E-state index is -4.09. The summed E-state index contributed by atoms with van der Waals surface area (Å²) in [4.78, 5) is 27.0. The van der Waals surface area contributed by atoms with E-state index in [2.05, 4.69) is 27.5 Å². The molecule has 0 aromatic heterocycles. The average molecular weight is 965 g/mol. The van der Waals surface area contributed by atoms with Crippen molar-refractivity contribution in [1.82, 2.24) is 19.7 Å². The van der Waals surface area contributed by atoms with Gasteiger partial charge in [0, 0.05) is 24.5 Å². The van der Waals surface area contributed by atoms with Crippen LogP contribution in [0.3, 0.4) is 0 Å². The maximum Gasteiger partial charge on any atom is 0.333 e. The number of fused-ring (bicyclic) bond motifs is 2. The molecule has 0 unspecified atom stereocenters. The molecule has 2 aliphatic heterocycles. The van der Waals surface area contributed by atoms with E-state index in [0.717, 1.165) is 53.9 Å². The quantitative estimate of drug-likeness (QED) is 0.128. The Bertz CT molecular complexity index is 2270. The highest BCUT2D eigenvalue weighted by Gasteiger charge is 2.26. The monoisotopic (exact) mass is 962 g/mol. The SMILES string of the molecule is Br.Br.CC(C)(C)c1ccc(S(=O)(=O)NC(=O)Nc2ccc3c(c2)CCN(C(=O)NS(=O)(=O)c2ccc(C(C)(C)C)cc2)CC3)cc1.Nc1ccc2c(c1)CCNCC2. The van der Waals surface area contributed by atoms with E-state index in [1.807, 2.05) is 52.3 Å². The molecule has 4 amide bonds. The molecule has 16 heteroatoms. The fourth-order valence-corrected chi connectivity index (χ4v) is 8.42. The van der Waals surface area contributed by atoms with Crippen LogP contribution >= 0.6 is 34.0 Å². The fraction of sp³-hybridized carbons (Fsp3) is 0.381. The molecule has 4 aromatic carbocycles. The number of hydrogen-bond donors (Lipinski definition) is 5. The molecule has 0 saturated heterocycles. The van der Waals surface area contributed by atoms with Crippen LogP contribution in [0.25, 0.3) is 0 Å². The predicted octanol–water partition coefficient (Wildman–Crippen LogP) is 7.40. The lowest BCUT2D eigenvalue weighted by Gasteiger charge is -2.21. The Hall–Kier alpha value is -3.96. The van der Waals surface area contributed by atoms with Crippen molar-refractivity contribution in [1.29, 1.82) is 0 Å². The normalized spacial score (nSPS) is 14.3. The first-order chi connectivity index (χ1) is 26.2. The van der Waals surface area contributed by atoms with Crippen molar-refractivity contribution in [3.63, 3.8) is 0 Å². The van der Waals surface area contributed by atoms with Gasteiger partial charge in [0.1, 0.15) is 0 Å². The average Bonchev–Trinajstić information content (AvgIpc) is 3.49. The number of halogens is 2. The predicted molar refractivity (Wildman–Crippen MR) is 243 cm³/mol. The second-order valence-electron chi connectivity index (χ2n) is 16.3. The van der Waals surface area contributed by atoms with Crippen LogP contribution in [0.5, 0.6) is 0 Å². The fourth-order valence-electron chi connectivity index (χ4n) is 6.54. The summed E-state index contributed by atoms with van der Waals surface area (Å²) >= 11 is 0. The first-order valence-corrected chi connectivity index (χ1v) is 21.7. The topological polar surface area (TPSA) is 180 Å². The van der Waals surface area contributed by atoms with Gasteiger partial charge in [-0.2, -0.15) is 0 Å². The molecule has 2 heterocycles. The van der Waals surface area contributed by atoms with Gasteiger partial charge in [-0.1, -0.05) is 77.9 Å². The summed E-state index contributed by atoms with van der Waals surface area (Å²) in [5.41, 5.74) is 13.3. The van der Waals surface area contributed by atoms with Crippen molar-refractivity contribution in [3.05, 3.63) is 118 Å². The molecule has 0 bridgehead atoms. The lowest BCUT2D eigenvalue weighted by Crippen LogP contribution is -2.43. The number of amides is 4. The molecule has 0 aliphatic carbocycles. The highest BCUT2D eigenvalue weighted by Crippen LogP contribution is 2.26. The summed E-state index contributed by atoms with van der Waals surface area (Å²) in [5.74, 6) is 0. The number of nitrogens with two attached hydrogens (primary N) is 1. The largest absolute Gasteiger partial charge is 0.399 e. The lowest BCUT2D eigenvalue weighted by atomic mass is 9.87. The third-order valence-electron chi connectivity index (χ3n) is 9.94. The maximum absolute atomic E-state index is 13.0.